The lowest BCUT2D eigenvalue weighted by atomic mass is 10.1. The molecule has 96 valence electrons. The van der Waals surface area contributed by atoms with Gasteiger partial charge in [-0.15, -0.1) is 0 Å². The van der Waals surface area contributed by atoms with Crippen LogP contribution in [-0.4, -0.2) is 23.1 Å². The number of carbonyl (C=O) groups excluding carboxylic acids is 1. The number of benzene rings is 1. The van der Waals surface area contributed by atoms with Crippen molar-refractivity contribution in [3.63, 3.8) is 0 Å². The first-order chi connectivity index (χ1) is 8.50. The van der Waals surface area contributed by atoms with Crippen LogP contribution in [0.5, 0.6) is 0 Å². The molecule has 0 bridgehead atoms. The molecule has 0 aliphatic heterocycles. The van der Waals surface area contributed by atoms with E-state index in [1.165, 1.54) is 5.56 Å². The largest absolute Gasteiger partial charge is 0.349 e. The SMILES string of the molecule is Cc1cccc2c1cc(C(=O)NCC(C)N)n2C. The summed E-state index contributed by atoms with van der Waals surface area (Å²) in [5, 5.41) is 3.95. The summed E-state index contributed by atoms with van der Waals surface area (Å²) in [4.78, 5) is 12.1. The molecule has 0 aliphatic rings. The van der Waals surface area contributed by atoms with Gasteiger partial charge in [0, 0.05) is 30.5 Å². The molecule has 0 fully saturated rings. The number of hydrogen-bond donors (Lipinski definition) is 2. The van der Waals surface area contributed by atoms with Crippen LogP contribution in [0.25, 0.3) is 10.9 Å². The second-order valence-electron chi connectivity index (χ2n) is 4.78. The second-order valence-corrected chi connectivity index (χ2v) is 4.78. The quantitative estimate of drug-likeness (QED) is 0.862. The Balaban J connectivity index is 2.37. The highest BCUT2D eigenvalue weighted by Crippen LogP contribution is 2.21. The monoisotopic (exact) mass is 245 g/mol. The minimum absolute atomic E-state index is 0.0367. The van der Waals surface area contributed by atoms with Crippen molar-refractivity contribution in [2.75, 3.05) is 6.54 Å². The Labute approximate surface area is 107 Å². The minimum Gasteiger partial charge on any atom is -0.349 e. The Morgan fingerprint density at radius 1 is 1.50 bits per heavy atom. The van der Waals surface area contributed by atoms with Crippen LogP contribution in [-0.2, 0) is 7.05 Å². The van der Waals surface area contributed by atoms with E-state index in [1.54, 1.807) is 0 Å². The van der Waals surface area contributed by atoms with E-state index in [0.717, 1.165) is 10.9 Å². The third-order valence-corrected chi connectivity index (χ3v) is 3.12. The normalized spacial score (nSPS) is 12.7. The van der Waals surface area contributed by atoms with Crippen LogP contribution in [0.3, 0.4) is 0 Å². The van der Waals surface area contributed by atoms with Crippen LogP contribution < -0.4 is 11.1 Å². The molecule has 18 heavy (non-hydrogen) atoms. The van der Waals surface area contributed by atoms with Crippen molar-refractivity contribution in [3.05, 3.63) is 35.5 Å². The maximum atomic E-state index is 12.1. The lowest BCUT2D eigenvalue weighted by Crippen LogP contribution is -2.35. The van der Waals surface area contributed by atoms with Gasteiger partial charge in [0.05, 0.1) is 0 Å². The average molecular weight is 245 g/mol. The van der Waals surface area contributed by atoms with E-state index in [2.05, 4.69) is 5.32 Å². The zero-order valence-electron chi connectivity index (χ0n) is 11.0. The molecule has 0 spiro atoms. The van der Waals surface area contributed by atoms with Crippen molar-refractivity contribution in [1.29, 1.82) is 0 Å². The summed E-state index contributed by atoms with van der Waals surface area (Å²) in [6.45, 7) is 4.40. The van der Waals surface area contributed by atoms with Crippen LogP contribution in [0.2, 0.25) is 0 Å². The molecule has 0 saturated heterocycles. The maximum absolute atomic E-state index is 12.1. The smallest absolute Gasteiger partial charge is 0.267 e. The molecule has 1 aromatic carbocycles. The summed E-state index contributed by atoms with van der Waals surface area (Å²) in [5.41, 5.74) is 8.55. The Kier molecular flexibility index (Phi) is 3.39. The Morgan fingerprint density at radius 2 is 2.22 bits per heavy atom. The van der Waals surface area contributed by atoms with Crippen LogP contribution in [0, 0.1) is 6.92 Å². The fourth-order valence-electron chi connectivity index (χ4n) is 2.07. The van der Waals surface area contributed by atoms with E-state index in [9.17, 15) is 4.79 Å². The fourth-order valence-corrected chi connectivity index (χ4v) is 2.07. The van der Waals surface area contributed by atoms with E-state index in [1.807, 2.05) is 49.7 Å². The molecule has 1 atom stereocenters. The highest BCUT2D eigenvalue weighted by Gasteiger charge is 2.13. The number of rotatable bonds is 3. The van der Waals surface area contributed by atoms with Crippen molar-refractivity contribution < 1.29 is 4.79 Å². The number of nitrogens with zero attached hydrogens (tertiary/aromatic N) is 1. The molecule has 0 aliphatic carbocycles. The number of aromatic nitrogens is 1. The van der Waals surface area contributed by atoms with Crippen LogP contribution in [0.15, 0.2) is 24.3 Å². The lowest BCUT2D eigenvalue weighted by molar-refractivity contribution is 0.0944. The molecule has 2 rings (SSSR count). The molecule has 4 nitrogen and oxygen atoms in total. The van der Waals surface area contributed by atoms with Gasteiger partial charge in [-0.1, -0.05) is 12.1 Å². The van der Waals surface area contributed by atoms with Crippen molar-refractivity contribution in [2.24, 2.45) is 12.8 Å². The number of nitrogens with one attached hydrogen (secondary N) is 1. The van der Waals surface area contributed by atoms with Crippen LogP contribution in [0.4, 0.5) is 0 Å². The first-order valence-corrected chi connectivity index (χ1v) is 6.09. The van der Waals surface area contributed by atoms with E-state index >= 15 is 0 Å². The Morgan fingerprint density at radius 3 is 2.83 bits per heavy atom. The molecule has 0 radical (unpaired) electrons. The molecular formula is C14H19N3O. The first kappa shape index (κ1) is 12.6. The van der Waals surface area contributed by atoms with Gasteiger partial charge in [0.25, 0.3) is 5.91 Å². The third kappa shape index (κ3) is 2.24. The predicted molar refractivity (Wildman–Crippen MR) is 73.6 cm³/mol. The van der Waals surface area contributed by atoms with Gasteiger partial charge < -0.3 is 15.6 Å². The molecule has 3 N–H and O–H groups in total. The van der Waals surface area contributed by atoms with Gasteiger partial charge in [0.2, 0.25) is 0 Å². The summed E-state index contributed by atoms with van der Waals surface area (Å²) < 4.78 is 1.92. The van der Waals surface area contributed by atoms with Crippen LogP contribution >= 0.6 is 0 Å². The topological polar surface area (TPSA) is 60.1 Å². The lowest BCUT2D eigenvalue weighted by Gasteiger charge is -2.08. The zero-order chi connectivity index (χ0) is 13.3. The molecular weight excluding hydrogens is 226 g/mol. The second kappa shape index (κ2) is 4.82. The van der Waals surface area contributed by atoms with Crippen molar-refractivity contribution in [2.45, 2.75) is 19.9 Å². The number of fused-ring (bicyclic) bond motifs is 1. The van der Waals surface area contributed by atoms with Crippen molar-refractivity contribution in [1.82, 2.24) is 9.88 Å². The van der Waals surface area contributed by atoms with E-state index in [-0.39, 0.29) is 11.9 Å². The molecule has 1 heterocycles. The van der Waals surface area contributed by atoms with Gasteiger partial charge in [0.1, 0.15) is 5.69 Å². The summed E-state index contributed by atoms with van der Waals surface area (Å²) in [5.74, 6) is -0.0783. The maximum Gasteiger partial charge on any atom is 0.267 e. The average Bonchev–Trinajstić information content (AvgIpc) is 2.66. The number of amides is 1. The van der Waals surface area contributed by atoms with Gasteiger partial charge in [-0.05, 0) is 31.5 Å². The van der Waals surface area contributed by atoms with Gasteiger partial charge in [-0.25, -0.2) is 0 Å². The van der Waals surface area contributed by atoms with Crippen molar-refractivity contribution in [3.8, 4) is 0 Å². The summed E-state index contributed by atoms with van der Waals surface area (Å²) in [7, 11) is 1.91. The van der Waals surface area contributed by atoms with Gasteiger partial charge in [-0.2, -0.15) is 0 Å². The summed E-state index contributed by atoms with van der Waals surface area (Å²) in [6, 6.07) is 7.96. The summed E-state index contributed by atoms with van der Waals surface area (Å²) in [6.07, 6.45) is 0. The standard InChI is InChI=1S/C14H19N3O/c1-9-5-4-6-12-11(9)7-13(17(12)3)14(18)16-8-10(2)15/h4-7,10H,8,15H2,1-3H3,(H,16,18). The van der Waals surface area contributed by atoms with Crippen molar-refractivity contribution >= 4 is 16.8 Å². The van der Waals surface area contributed by atoms with E-state index < -0.39 is 0 Å². The Hall–Kier alpha value is -1.81. The predicted octanol–water partition coefficient (Wildman–Crippen LogP) is 1.56. The highest BCUT2D eigenvalue weighted by atomic mass is 16.1. The summed E-state index contributed by atoms with van der Waals surface area (Å²) >= 11 is 0. The molecule has 0 saturated carbocycles. The van der Waals surface area contributed by atoms with Gasteiger partial charge in [-0.3, -0.25) is 4.79 Å². The zero-order valence-corrected chi connectivity index (χ0v) is 11.0. The molecule has 1 amide bonds. The van der Waals surface area contributed by atoms with Gasteiger partial charge >= 0.3 is 0 Å². The van der Waals surface area contributed by atoms with E-state index in [0.29, 0.717) is 12.2 Å². The Bertz CT molecular complexity index is 584. The molecule has 2 aromatic rings. The van der Waals surface area contributed by atoms with E-state index in [4.69, 9.17) is 5.73 Å². The number of hydrogen-bond acceptors (Lipinski definition) is 2. The van der Waals surface area contributed by atoms with Crippen LogP contribution in [0.1, 0.15) is 23.0 Å². The number of aryl methyl sites for hydroxylation is 2. The highest BCUT2D eigenvalue weighted by molar-refractivity contribution is 5.99. The molecule has 4 heteroatoms. The number of nitrogens with two attached hydrogens (primary N) is 1. The first-order valence-electron chi connectivity index (χ1n) is 6.09. The molecule has 1 aromatic heterocycles. The fraction of sp³-hybridized carbons (Fsp3) is 0.357. The third-order valence-electron chi connectivity index (χ3n) is 3.12. The molecule has 1 unspecified atom stereocenters. The van der Waals surface area contributed by atoms with Gasteiger partial charge in [0.15, 0.2) is 0 Å². The number of carbonyl (C=O) groups is 1. The minimum atomic E-state index is -0.0783.